The molecule has 0 spiro atoms. The van der Waals surface area contributed by atoms with Gasteiger partial charge in [-0.3, -0.25) is 4.89 Å². The minimum absolute atomic E-state index is 0.0356. The molecule has 0 bridgehead atoms. The van der Waals surface area contributed by atoms with Gasteiger partial charge in [-0.05, 0) is 6.92 Å². The van der Waals surface area contributed by atoms with Crippen LogP contribution in [0.3, 0.4) is 0 Å². The van der Waals surface area contributed by atoms with Gasteiger partial charge >= 0.3 is 12.1 Å². The van der Waals surface area contributed by atoms with E-state index in [2.05, 4.69) is 9.78 Å². The first-order chi connectivity index (χ1) is 5.88. The summed E-state index contributed by atoms with van der Waals surface area (Å²) in [5, 5.41) is 8.37. The van der Waals surface area contributed by atoms with E-state index in [1.165, 1.54) is 6.92 Å². The molecule has 0 amide bonds. The van der Waals surface area contributed by atoms with E-state index in [0.717, 1.165) is 0 Å². The summed E-state index contributed by atoms with van der Waals surface area (Å²) >= 11 is 0. The summed E-state index contributed by atoms with van der Waals surface area (Å²) in [5.74, 6) is -1.26. The van der Waals surface area contributed by atoms with E-state index in [0.29, 0.717) is 0 Å². The lowest BCUT2D eigenvalue weighted by molar-refractivity contribution is -0.276. The highest BCUT2D eigenvalue weighted by atomic mass is 19.4. The van der Waals surface area contributed by atoms with Crippen LogP contribution in [0.1, 0.15) is 13.3 Å². The van der Waals surface area contributed by atoms with Crippen molar-refractivity contribution in [3.05, 3.63) is 0 Å². The molecule has 0 aromatic heterocycles. The van der Waals surface area contributed by atoms with Crippen LogP contribution in [0.5, 0.6) is 0 Å². The highest BCUT2D eigenvalue weighted by Crippen LogP contribution is 2.22. The third-order valence-electron chi connectivity index (χ3n) is 1.01. The summed E-state index contributed by atoms with van der Waals surface area (Å²) in [6, 6.07) is 0. The SMILES string of the molecule is CCOOC(=O)CC(O)C(F)(F)F. The van der Waals surface area contributed by atoms with Crippen molar-refractivity contribution in [2.75, 3.05) is 6.61 Å². The number of carbonyl (C=O) groups is 1. The fourth-order valence-corrected chi connectivity index (χ4v) is 0.432. The molecule has 1 atom stereocenters. The number of rotatable bonds is 4. The van der Waals surface area contributed by atoms with Gasteiger partial charge in [-0.25, -0.2) is 4.79 Å². The Morgan fingerprint density at radius 2 is 2.08 bits per heavy atom. The molecule has 0 rings (SSSR count). The average Bonchev–Trinajstić information content (AvgIpc) is 1.99. The molecule has 4 nitrogen and oxygen atoms in total. The Morgan fingerprint density at radius 3 is 2.46 bits per heavy atom. The van der Waals surface area contributed by atoms with Crippen LogP contribution in [-0.2, 0) is 14.6 Å². The van der Waals surface area contributed by atoms with Crippen LogP contribution < -0.4 is 0 Å². The maximum absolute atomic E-state index is 11.6. The summed E-state index contributed by atoms with van der Waals surface area (Å²) in [6.07, 6.45) is -8.69. The van der Waals surface area contributed by atoms with Crippen LogP contribution in [0.25, 0.3) is 0 Å². The Bertz CT molecular complexity index is 168. The summed E-state index contributed by atoms with van der Waals surface area (Å²) in [6.45, 7) is 1.53. The zero-order chi connectivity index (χ0) is 10.5. The third kappa shape index (κ3) is 5.42. The van der Waals surface area contributed by atoms with Gasteiger partial charge in [0.05, 0.1) is 13.0 Å². The molecule has 0 aromatic carbocycles. The van der Waals surface area contributed by atoms with Crippen molar-refractivity contribution >= 4 is 5.97 Å². The van der Waals surface area contributed by atoms with Crippen LogP contribution in [-0.4, -0.2) is 30.0 Å². The highest BCUT2D eigenvalue weighted by Gasteiger charge is 2.40. The Morgan fingerprint density at radius 1 is 1.54 bits per heavy atom. The van der Waals surface area contributed by atoms with E-state index in [-0.39, 0.29) is 6.61 Å². The third-order valence-corrected chi connectivity index (χ3v) is 1.01. The van der Waals surface area contributed by atoms with Gasteiger partial charge in [0, 0.05) is 0 Å². The Kier molecular flexibility index (Phi) is 4.71. The molecule has 13 heavy (non-hydrogen) atoms. The maximum atomic E-state index is 11.6. The molecule has 0 aliphatic carbocycles. The number of halogens is 3. The van der Waals surface area contributed by atoms with Crippen molar-refractivity contribution in [1.29, 1.82) is 0 Å². The fourth-order valence-electron chi connectivity index (χ4n) is 0.432. The number of alkyl halides is 3. The van der Waals surface area contributed by atoms with Gasteiger partial charge in [0.25, 0.3) is 0 Å². The molecule has 0 aliphatic heterocycles. The number of hydrogen-bond acceptors (Lipinski definition) is 4. The van der Waals surface area contributed by atoms with Crippen LogP contribution >= 0.6 is 0 Å². The second-order valence-corrected chi connectivity index (χ2v) is 2.12. The molecule has 0 saturated heterocycles. The molecule has 0 radical (unpaired) electrons. The average molecular weight is 202 g/mol. The van der Waals surface area contributed by atoms with Gasteiger partial charge in [-0.1, -0.05) is 0 Å². The second-order valence-electron chi connectivity index (χ2n) is 2.12. The van der Waals surface area contributed by atoms with Gasteiger partial charge in [0.1, 0.15) is 0 Å². The van der Waals surface area contributed by atoms with Gasteiger partial charge in [0.15, 0.2) is 6.10 Å². The van der Waals surface area contributed by atoms with E-state index < -0.39 is 24.7 Å². The van der Waals surface area contributed by atoms with Crippen LogP contribution in [0.4, 0.5) is 13.2 Å². The van der Waals surface area contributed by atoms with Crippen LogP contribution in [0.15, 0.2) is 0 Å². The largest absolute Gasteiger partial charge is 0.414 e. The quantitative estimate of drug-likeness (QED) is 0.541. The van der Waals surface area contributed by atoms with Crippen molar-refractivity contribution in [1.82, 2.24) is 0 Å². The molecular formula is C6H9F3O4. The van der Waals surface area contributed by atoms with Gasteiger partial charge in [-0.15, -0.1) is 0 Å². The van der Waals surface area contributed by atoms with E-state index in [1.807, 2.05) is 0 Å². The van der Waals surface area contributed by atoms with Gasteiger partial charge in [0.2, 0.25) is 0 Å². The fraction of sp³-hybridized carbons (Fsp3) is 0.833. The second kappa shape index (κ2) is 5.03. The Hall–Kier alpha value is -0.820. The Balaban J connectivity index is 3.79. The highest BCUT2D eigenvalue weighted by molar-refractivity contribution is 5.69. The van der Waals surface area contributed by atoms with Gasteiger partial charge in [-0.2, -0.15) is 18.1 Å². The summed E-state index contributed by atoms with van der Waals surface area (Å²) in [7, 11) is 0. The zero-order valence-corrected chi connectivity index (χ0v) is 6.80. The number of carbonyl (C=O) groups excluding carboxylic acids is 1. The monoisotopic (exact) mass is 202 g/mol. The first kappa shape index (κ1) is 12.2. The molecule has 0 fully saturated rings. The van der Waals surface area contributed by atoms with Crippen molar-refractivity contribution < 1.29 is 32.8 Å². The van der Waals surface area contributed by atoms with Crippen LogP contribution in [0.2, 0.25) is 0 Å². The maximum Gasteiger partial charge on any atom is 0.414 e. The molecule has 0 saturated carbocycles. The standard InChI is InChI=1S/C6H9F3O4/c1-2-12-13-5(11)3-4(10)6(7,8)9/h4,10H,2-3H2,1H3. The first-order valence-corrected chi connectivity index (χ1v) is 3.45. The van der Waals surface area contributed by atoms with E-state index in [4.69, 9.17) is 5.11 Å². The van der Waals surface area contributed by atoms with Gasteiger partial charge < -0.3 is 5.11 Å². The molecule has 0 aliphatic rings. The lowest BCUT2D eigenvalue weighted by Gasteiger charge is -2.12. The summed E-state index contributed by atoms with van der Waals surface area (Å²) < 4.78 is 34.9. The minimum Gasteiger partial charge on any atom is -0.383 e. The van der Waals surface area contributed by atoms with E-state index in [9.17, 15) is 18.0 Å². The molecule has 7 heteroatoms. The first-order valence-electron chi connectivity index (χ1n) is 3.45. The predicted octanol–water partition coefficient (Wildman–Crippen LogP) is 0.794. The van der Waals surface area contributed by atoms with E-state index in [1.54, 1.807) is 0 Å². The van der Waals surface area contributed by atoms with Crippen LogP contribution in [0, 0.1) is 0 Å². The summed E-state index contributed by atoms with van der Waals surface area (Å²) in [4.78, 5) is 18.4. The van der Waals surface area contributed by atoms with Crippen molar-refractivity contribution in [3.63, 3.8) is 0 Å². The lowest BCUT2D eigenvalue weighted by Crippen LogP contribution is -2.31. The molecule has 0 aromatic rings. The summed E-state index contributed by atoms with van der Waals surface area (Å²) in [5.41, 5.74) is 0. The normalized spacial score (nSPS) is 13.9. The number of aliphatic hydroxyl groups is 1. The smallest absolute Gasteiger partial charge is 0.383 e. The molecule has 78 valence electrons. The van der Waals surface area contributed by atoms with Crippen molar-refractivity contribution in [3.8, 4) is 0 Å². The minimum atomic E-state index is -4.81. The molecular weight excluding hydrogens is 193 g/mol. The van der Waals surface area contributed by atoms with Crippen molar-refractivity contribution in [2.45, 2.75) is 25.6 Å². The Labute approximate surface area is 72.2 Å². The number of hydrogen-bond donors (Lipinski definition) is 1. The lowest BCUT2D eigenvalue weighted by atomic mass is 10.2. The molecule has 1 unspecified atom stereocenters. The zero-order valence-electron chi connectivity index (χ0n) is 6.80. The van der Waals surface area contributed by atoms with E-state index >= 15 is 0 Å². The predicted molar refractivity (Wildman–Crippen MR) is 34.4 cm³/mol. The number of aliphatic hydroxyl groups excluding tert-OH is 1. The molecule has 1 N–H and O–H groups in total. The topological polar surface area (TPSA) is 55.8 Å². The molecule has 0 heterocycles. The van der Waals surface area contributed by atoms with Crippen molar-refractivity contribution in [2.24, 2.45) is 0 Å².